The van der Waals surface area contributed by atoms with Crippen molar-refractivity contribution in [3.8, 4) is 28.7 Å². The van der Waals surface area contributed by atoms with Gasteiger partial charge in [0.15, 0.2) is 5.82 Å². The fourth-order valence-electron chi connectivity index (χ4n) is 3.09. The number of imidazole rings is 1. The van der Waals surface area contributed by atoms with Gasteiger partial charge in [-0.05, 0) is 37.6 Å². The molecule has 0 unspecified atom stereocenters. The van der Waals surface area contributed by atoms with E-state index < -0.39 is 10.0 Å². The number of fused-ring (bicyclic) bond motifs is 3. The SMILES string of the molecule is CC(C)n1ncnc1-c1cn2c(n1)-c1ccc(C=CS(N)(=O)=O)cc1OCC2. The molecule has 146 valence electrons. The van der Waals surface area contributed by atoms with Crippen molar-refractivity contribution in [2.24, 2.45) is 5.14 Å². The summed E-state index contributed by atoms with van der Waals surface area (Å²) in [5.74, 6) is 2.12. The number of sulfonamides is 1. The maximum atomic E-state index is 11.1. The van der Waals surface area contributed by atoms with Gasteiger partial charge in [0.2, 0.25) is 10.0 Å². The van der Waals surface area contributed by atoms with Crippen molar-refractivity contribution < 1.29 is 13.2 Å². The third-order valence-electron chi connectivity index (χ3n) is 4.35. The van der Waals surface area contributed by atoms with Gasteiger partial charge in [0.05, 0.1) is 12.1 Å². The molecule has 3 aromatic rings. The van der Waals surface area contributed by atoms with Crippen LogP contribution in [0.1, 0.15) is 25.5 Å². The highest BCUT2D eigenvalue weighted by atomic mass is 32.2. The maximum Gasteiger partial charge on any atom is 0.231 e. The molecule has 0 bridgehead atoms. The molecule has 1 aliphatic heterocycles. The van der Waals surface area contributed by atoms with Crippen LogP contribution >= 0.6 is 0 Å². The molecule has 0 aliphatic carbocycles. The summed E-state index contributed by atoms with van der Waals surface area (Å²) >= 11 is 0. The Morgan fingerprint density at radius 1 is 1.29 bits per heavy atom. The number of hydrogen-bond donors (Lipinski definition) is 1. The van der Waals surface area contributed by atoms with E-state index >= 15 is 0 Å². The second-order valence-corrected chi connectivity index (χ2v) is 8.21. The first-order chi connectivity index (χ1) is 13.3. The number of primary sulfonamides is 1. The van der Waals surface area contributed by atoms with Gasteiger partial charge < -0.3 is 9.30 Å². The predicted molar refractivity (Wildman–Crippen MR) is 105 cm³/mol. The minimum Gasteiger partial charge on any atom is -0.491 e. The third kappa shape index (κ3) is 3.56. The molecule has 0 spiro atoms. The van der Waals surface area contributed by atoms with E-state index in [0.717, 1.165) is 22.5 Å². The molecule has 0 saturated heterocycles. The van der Waals surface area contributed by atoms with Crippen molar-refractivity contribution >= 4 is 16.1 Å². The number of nitrogens with zero attached hydrogens (tertiary/aromatic N) is 5. The van der Waals surface area contributed by atoms with Gasteiger partial charge >= 0.3 is 0 Å². The van der Waals surface area contributed by atoms with Crippen LogP contribution in [0, 0.1) is 0 Å². The van der Waals surface area contributed by atoms with Gasteiger partial charge in [-0.25, -0.2) is 28.2 Å². The van der Waals surface area contributed by atoms with Gasteiger partial charge in [0.25, 0.3) is 0 Å². The van der Waals surface area contributed by atoms with Crippen LogP contribution in [0.2, 0.25) is 0 Å². The number of benzene rings is 1. The average Bonchev–Trinajstić information content (AvgIpc) is 3.23. The van der Waals surface area contributed by atoms with Crippen LogP contribution in [-0.2, 0) is 16.6 Å². The van der Waals surface area contributed by atoms with Gasteiger partial charge in [-0.1, -0.05) is 6.07 Å². The van der Waals surface area contributed by atoms with E-state index in [1.807, 2.05) is 35.4 Å². The first kappa shape index (κ1) is 18.4. The summed E-state index contributed by atoms with van der Waals surface area (Å²) in [6.45, 7) is 5.18. The number of hydrogen-bond acceptors (Lipinski definition) is 6. The molecule has 2 aromatic heterocycles. The van der Waals surface area contributed by atoms with Gasteiger partial charge in [0.1, 0.15) is 30.2 Å². The molecule has 1 aliphatic rings. The molecule has 4 rings (SSSR count). The third-order valence-corrected chi connectivity index (χ3v) is 4.87. The monoisotopic (exact) mass is 400 g/mol. The smallest absolute Gasteiger partial charge is 0.231 e. The lowest BCUT2D eigenvalue weighted by Crippen LogP contribution is -2.06. The molecule has 0 fully saturated rings. The Hall–Kier alpha value is -2.98. The van der Waals surface area contributed by atoms with Gasteiger partial charge in [0, 0.05) is 17.6 Å². The Balaban J connectivity index is 1.76. The highest BCUT2D eigenvalue weighted by molar-refractivity contribution is 7.92. The first-order valence-electron chi connectivity index (χ1n) is 8.77. The number of rotatable bonds is 4. The van der Waals surface area contributed by atoms with Crippen molar-refractivity contribution in [3.63, 3.8) is 0 Å². The lowest BCUT2D eigenvalue weighted by atomic mass is 10.1. The van der Waals surface area contributed by atoms with E-state index in [2.05, 4.69) is 10.1 Å². The van der Waals surface area contributed by atoms with Crippen LogP contribution in [-0.4, -0.2) is 39.3 Å². The molecule has 28 heavy (non-hydrogen) atoms. The van der Waals surface area contributed by atoms with Crippen LogP contribution in [0.3, 0.4) is 0 Å². The molecule has 1 aromatic carbocycles. The van der Waals surface area contributed by atoms with E-state index in [0.29, 0.717) is 30.3 Å². The number of nitrogens with two attached hydrogens (primary N) is 1. The van der Waals surface area contributed by atoms with Crippen molar-refractivity contribution in [2.75, 3.05) is 6.61 Å². The molecule has 0 atom stereocenters. The van der Waals surface area contributed by atoms with Crippen LogP contribution < -0.4 is 9.88 Å². The quantitative estimate of drug-likeness (QED) is 0.716. The highest BCUT2D eigenvalue weighted by Gasteiger charge is 2.21. The first-order valence-corrected chi connectivity index (χ1v) is 10.4. The van der Waals surface area contributed by atoms with Gasteiger partial charge in [-0.2, -0.15) is 5.10 Å². The number of aromatic nitrogens is 5. The van der Waals surface area contributed by atoms with Gasteiger partial charge in [-0.15, -0.1) is 0 Å². The van der Waals surface area contributed by atoms with E-state index in [4.69, 9.17) is 14.9 Å². The summed E-state index contributed by atoms with van der Waals surface area (Å²) in [7, 11) is -3.69. The fraction of sp³-hybridized carbons (Fsp3) is 0.278. The zero-order chi connectivity index (χ0) is 19.9. The second kappa shape index (κ2) is 6.88. The standard InChI is InChI=1S/C18H20N6O3S/c1-12(2)24-18(20-11-21-24)15-10-23-6-7-27-16-9-13(5-8-28(19,25)26)3-4-14(16)17(23)22-15/h3-5,8-12H,6-7H2,1-2H3,(H2,19,25,26). The molecule has 9 nitrogen and oxygen atoms in total. The summed E-state index contributed by atoms with van der Waals surface area (Å²) < 4.78 is 32.0. The Morgan fingerprint density at radius 3 is 2.86 bits per heavy atom. The van der Waals surface area contributed by atoms with Gasteiger partial charge in [-0.3, -0.25) is 0 Å². The zero-order valence-corrected chi connectivity index (χ0v) is 16.3. The normalized spacial score (nSPS) is 14.0. The molecular formula is C18H20N6O3S. The zero-order valence-electron chi connectivity index (χ0n) is 15.5. The Morgan fingerprint density at radius 2 is 2.11 bits per heavy atom. The van der Waals surface area contributed by atoms with Crippen molar-refractivity contribution in [1.29, 1.82) is 0 Å². The largest absolute Gasteiger partial charge is 0.491 e. The lowest BCUT2D eigenvalue weighted by Gasteiger charge is -2.08. The second-order valence-electron chi connectivity index (χ2n) is 6.76. The molecular weight excluding hydrogens is 380 g/mol. The molecule has 0 saturated carbocycles. The molecule has 2 N–H and O–H groups in total. The van der Waals surface area contributed by atoms with Crippen molar-refractivity contribution in [2.45, 2.75) is 26.4 Å². The van der Waals surface area contributed by atoms with Crippen LogP contribution in [0.15, 0.2) is 36.1 Å². The van der Waals surface area contributed by atoms with Crippen LogP contribution in [0.5, 0.6) is 5.75 Å². The average molecular weight is 400 g/mol. The number of ether oxygens (including phenoxy) is 1. The lowest BCUT2D eigenvalue weighted by molar-refractivity contribution is 0.306. The fourth-order valence-corrected chi connectivity index (χ4v) is 3.44. The van der Waals surface area contributed by atoms with Crippen LogP contribution in [0.25, 0.3) is 29.0 Å². The topological polar surface area (TPSA) is 118 Å². The predicted octanol–water partition coefficient (Wildman–Crippen LogP) is 2.04. The highest BCUT2D eigenvalue weighted by Crippen LogP contribution is 2.34. The van der Waals surface area contributed by atoms with E-state index in [1.54, 1.807) is 12.1 Å². The molecule has 10 heteroatoms. The summed E-state index contributed by atoms with van der Waals surface area (Å²) in [6, 6.07) is 5.60. The molecule has 0 amide bonds. The van der Waals surface area contributed by atoms with Crippen molar-refractivity contribution in [3.05, 3.63) is 41.7 Å². The Bertz CT molecular complexity index is 1160. The summed E-state index contributed by atoms with van der Waals surface area (Å²) in [5.41, 5.74) is 2.24. The molecule has 0 radical (unpaired) electrons. The summed E-state index contributed by atoms with van der Waals surface area (Å²) in [5, 5.41) is 10.3. The molecule has 3 heterocycles. The van der Waals surface area contributed by atoms with E-state index in [-0.39, 0.29) is 6.04 Å². The Labute approximate surface area is 162 Å². The maximum absolute atomic E-state index is 11.1. The van der Waals surface area contributed by atoms with Crippen LogP contribution in [0.4, 0.5) is 0 Å². The van der Waals surface area contributed by atoms with Crippen molar-refractivity contribution in [1.82, 2.24) is 24.3 Å². The van der Waals surface area contributed by atoms with E-state index in [1.165, 1.54) is 12.4 Å². The minimum absolute atomic E-state index is 0.169. The summed E-state index contributed by atoms with van der Waals surface area (Å²) in [4.78, 5) is 9.14. The van der Waals surface area contributed by atoms with E-state index in [9.17, 15) is 8.42 Å². The Kier molecular flexibility index (Phi) is 4.52. The summed E-state index contributed by atoms with van der Waals surface area (Å²) in [6.07, 6.45) is 4.92. The minimum atomic E-state index is -3.69.